The average Bonchev–Trinajstić information content (AvgIpc) is 2.14. The maximum Gasteiger partial charge on any atom is 0.404 e. The first-order valence-electron chi connectivity index (χ1n) is 4.73. The molecular formula is C11H14F3N. The number of benzene rings is 1. The first-order chi connectivity index (χ1) is 6.95. The van der Waals surface area contributed by atoms with Gasteiger partial charge in [-0.05, 0) is 31.5 Å². The molecular weight excluding hydrogens is 203 g/mol. The summed E-state index contributed by atoms with van der Waals surface area (Å²) in [7, 11) is 1.33. The maximum atomic E-state index is 12.5. The lowest BCUT2D eigenvalue weighted by Crippen LogP contribution is -2.41. The van der Waals surface area contributed by atoms with Crippen molar-refractivity contribution in [1.82, 2.24) is 5.32 Å². The molecule has 4 heteroatoms. The molecule has 0 fully saturated rings. The van der Waals surface area contributed by atoms with Crippen LogP contribution in [0.15, 0.2) is 24.3 Å². The zero-order chi connectivity index (χ0) is 11.5. The van der Waals surface area contributed by atoms with E-state index in [1.54, 1.807) is 12.1 Å². The van der Waals surface area contributed by atoms with Crippen molar-refractivity contribution in [2.45, 2.75) is 25.6 Å². The minimum atomic E-state index is -4.20. The Kier molecular flexibility index (Phi) is 3.74. The third-order valence-corrected chi connectivity index (χ3v) is 2.43. The predicted octanol–water partition coefficient (Wildman–Crippen LogP) is 2.69. The van der Waals surface area contributed by atoms with Gasteiger partial charge >= 0.3 is 6.18 Å². The van der Waals surface area contributed by atoms with Gasteiger partial charge < -0.3 is 5.32 Å². The van der Waals surface area contributed by atoms with Gasteiger partial charge in [0, 0.05) is 0 Å². The Labute approximate surface area is 87.3 Å². The maximum absolute atomic E-state index is 12.5. The highest BCUT2D eigenvalue weighted by molar-refractivity contribution is 5.26. The molecule has 0 bridgehead atoms. The standard InChI is InChI=1S/C11H14F3N/c1-8-5-3-4-6-9(8)7-10(15-2)11(12,13)14/h3-6,10,15H,7H2,1-2H3. The molecule has 15 heavy (non-hydrogen) atoms. The van der Waals surface area contributed by atoms with E-state index in [0.29, 0.717) is 0 Å². The summed E-state index contributed by atoms with van der Waals surface area (Å²) >= 11 is 0. The Morgan fingerprint density at radius 2 is 1.87 bits per heavy atom. The van der Waals surface area contributed by atoms with Gasteiger partial charge in [-0.1, -0.05) is 24.3 Å². The Morgan fingerprint density at radius 1 is 1.27 bits per heavy atom. The molecule has 1 aromatic rings. The summed E-state index contributed by atoms with van der Waals surface area (Å²) < 4.78 is 37.4. The Bertz CT molecular complexity index is 320. The van der Waals surface area contributed by atoms with E-state index in [1.165, 1.54) is 7.05 Å². The summed E-state index contributed by atoms with van der Waals surface area (Å²) in [5, 5.41) is 2.29. The van der Waals surface area contributed by atoms with E-state index in [4.69, 9.17) is 0 Å². The molecule has 1 unspecified atom stereocenters. The van der Waals surface area contributed by atoms with Crippen molar-refractivity contribution >= 4 is 0 Å². The van der Waals surface area contributed by atoms with Crippen molar-refractivity contribution in [1.29, 1.82) is 0 Å². The molecule has 1 N–H and O–H groups in total. The molecule has 0 spiro atoms. The van der Waals surface area contributed by atoms with Gasteiger partial charge in [0.05, 0.1) is 0 Å². The number of hydrogen-bond donors (Lipinski definition) is 1. The first kappa shape index (κ1) is 12.0. The summed E-state index contributed by atoms with van der Waals surface area (Å²) in [5.74, 6) is 0. The molecule has 0 heterocycles. The van der Waals surface area contributed by atoms with Crippen molar-refractivity contribution in [2.75, 3.05) is 7.05 Å². The Hall–Kier alpha value is -1.03. The highest BCUT2D eigenvalue weighted by atomic mass is 19.4. The summed E-state index contributed by atoms with van der Waals surface area (Å²) in [6.07, 6.45) is -4.22. The fourth-order valence-electron chi connectivity index (χ4n) is 1.44. The third-order valence-electron chi connectivity index (χ3n) is 2.43. The number of aryl methyl sites for hydroxylation is 1. The van der Waals surface area contributed by atoms with Crippen LogP contribution in [0.3, 0.4) is 0 Å². The van der Waals surface area contributed by atoms with Crippen LogP contribution in [-0.2, 0) is 6.42 Å². The molecule has 0 saturated heterocycles. The van der Waals surface area contributed by atoms with E-state index < -0.39 is 12.2 Å². The fourth-order valence-corrected chi connectivity index (χ4v) is 1.44. The van der Waals surface area contributed by atoms with E-state index in [0.717, 1.165) is 11.1 Å². The van der Waals surface area contributed by atoms with Crippen LogP contribution in [0.2, 0.25) is 0 Å². The van der Waals surface area contributed by atoms with E-state index in [-0.39, 0.29) is 6.42 Å². The summed E-state index contributed by atoms with van der Waals surface area (Å²) in [5.41, 5.74) is 1.62. The second-order valence-electron chi connectivity index (χ2n) is 3.51. The van der Waals surface area contributed by atoms with E-state index in [1.807, 2.05) is 19.1 Å². The largest absolute Gasteiger partial charge is 0.404 e. The fraction of sp³-hybridized carbons (Fsp3) is 0.455. The van der Waals surface area contributed by atoms with Crippen molar-refractivity contribution in [3.63, 3.8) is 0 Å². The van der Waals surface area contributed by atoms with Gasteiger partial charge in [-0.25, -0.2) is 0 Å². The van der Waals surface area contributed by atoms with Gasteiger partial charge in [0.2, 0.25) is 0 Å². The minimum Gasteiger partial charge on any atom is -0.309 e. The van der Waals surface area contributed by atoms with E-state index >= 15 is 0 Å². The zero-order valence-corrected chi connectivity index (χ0v) is 8.73. The normalized spacial score (nSPS) is 13.9. The Morgan fingerprint density at radius 3 is 2.33 bits per heavy atom. The third kappa shape index (κ3) is 3.23. The number of halogens is 3. The Balaban J connectivity index is 2.80. The van der Waals surface area contributed by atoms with Crippen LogP contribution in [0.5, 0.6) is 0 Å². The molecule has 0 aliphatic rings. The van der Waals surface area contributed by atoms with Crippen LogP contribution >= 0.6 is 0 Å². The smallest absolute Gasteiger partial charge is 0.309 e. The lowest BCUT2D eigenvalue weighted by molar-refractivity contribution is -0.154. The molecule has 0 aliphatic heterocycles. The van der Waals surface area contributed by atoms with E-state index in [2.05, 4.69) is 5.32 Å². The summed E-state index contributed by atoms with van der Waals surface area (Å²) in [6, 6.07) is 5.65. The highest BCUT2D eigenvalue weighted by Gasteiger charge is 2.38. The first-order valence-corrected chi connectivity index (χ1v) is 4.73. The second kappa shape index (κ2) is 4.66. The van der Waals surface area contributed by atoms with Gasteiger partial charge in [0.1, 0.15) is 6.04 Å². The van der Waals surface area contributed by atoms with E-state index in [9.17, 15) is 13.2 Å². The molecule has 0 radical (unpaired) electrons. The van der Waals surface area contributed by atoms with Crippen molar-refractivity contribution in [3.05, 3.63) is 35.4 Å². The van der Waals surface area contributed by atoms with Crippen molar-refractivity contribution < 1.29 is 13.2 Å². The average molecular weight is 217 g/mol. The quantitative estimate of drug-likeness (QED) is 0.820. The van der Waals surface area contributed by atoms with Crippen LogP contribution < -0.4 is 5.32 Å². The molecule has 1 rings (SSSR count). The van der Waals surface area contributed by atoms with Crippen molar-refractivity contribution in [2.24, 2.45) is 0 Å². The molecule has 0 aromatic heterocycles. The lowest BCUT2D eigenvalue weighted by atomic mass is 10.0. The van der Waals surface area contributed by atoms with Crippen LogP contribution in [0.25, 0.3) is 0 Å². The van der Waals surface area contributed by atoms with Gasteiger partial charge in [-0.2, -0.15) is 13.2 Å². The molecule has 1 nitrogen and oxygen atoms in total. The van der Waals surface area contributed by atoms with Crippen LogP contribution in [0.1, 0.15) is 11.1 Å². The summed E-state index contributed by atoms with van der Waals surface area (Å²) in [6.45, 7) is 1.82. The van der Waals surface area contributed by atoms with Gasteiger partial charge in [0.15, 0.2) is 0 Å². The number of nitrogens with one attached hydrogen (secondary N) is 1. The highest BCUT2D eigenvalue weighted by Crippen LogP contribution is 2.23. The monoisotopic (exact) mass is 217 g/mol. The number of rotatable bonds is 3. The molecule has 84 valence electrons. The van der Waals surface area contributed by atoms with Crippen LogP contribution in [0.4, 0.5) is 13.2 Å². The van der Waals surface area contributed by atoms with Gasteiger partial charge in [-0.15, -0.1) is 0 Å². The second-order valence-corrected chi connectivity index (χ2v) is 3.51. The van der Waals surface area contributed by atoms with Crippen molar-refractivity contribution in [3.8, 4) is 0 Å². The molecule has 1 aromatic carbocycles. The van der Waals surface area contributed by atoms with Crippen LogP contribution in [0, 0.1) is 6.92 Å². The number of alkyl halides is 3. The molecule has 0 saturated carbocycles. The topological polar surface area (TPSA) is 12.0 Å². The minimum absolute atomic E-state index is 0.0212. The van der Waals surface area contributed by atoms with Gasteiger partial charge in [-0.3, -0.25) is 0 Å². The molecule has 1 atom stereocenters. The van der Waals surface area contributed by atoms with Gasteiger partial charge in [0.25, 0.3) is 0 Å². The lowest BCUT2D eigenvalue weighted by Gasteiger charge is -2.20. The zero-order valence-electron chi connectivity index (χ0n) is 8.73. The number of likely N-dealkylation sites (N-methyl/N-ethyl adjacent to an activating group) is 1. The van der Waals surface area contributed by atoms with Crippen LogP contribution in [-0.4, -0.2) is 19.3 Å². The molecule has 0 amide bonds. The molecule has 0 aliphatic carbocycles. The number of hydrogen-bond acceptors (Lipinski definition) is 1. The SMILES string of the molecule is CNC(Cc1ccccc1C)C(F)(F)F. The summed E-state index contributed by atoms with van der Waals surface area (Å²) in [4.78, 5) is 0. The predicted molar refractivity (Wildman–Crippen MR) is 53.8 cm³/mol.